The molecule has 26 heavy (non-hydrogen) atoms. The predicted molar refractivity (Wildman–Crippen MR) is 91.6 cm³/mol. The lowest BCUT2D eigenvalue weighted by Crippen LogP contribution is -2.31. The van der Waals surface area contributed by atoms with Crippen molar-refractivity contribution in [3.05, 3.63) is 53.4 Å². The first-order valence-corrected chi connectivity index (χ1v) is 8.54. The number of aryl methyl sites for hydroxylation is 1. The van der Waals surface area contributed by atoms with E-state index in [1.54, 1.807) is 12.1 Å². The van der Waals surface area contributed by atoms with Gasteiger partial charge in [-0.25, -0.2) is 4.39 Å². The van der Waals surface area contributed by atoms with Crippen LogP contribution in [0.4, 0.5) is 4.39 Å². The van der Waals surface area contributed by atoms with E-state index in [4.69, 9.17) is 9.26 Å². The molecule has 1 aromatic carbocycles. The number of nitrogens with one attached hydrogen (secondary N) is 1. The Kier molecular flexibility index (Phi) is 4.52. The second-order valence-corrected chi connectivity index (χ2v) is 6.40. The van der Waals surface area contributed by atoms with Gasteiger partial charge in [-0.2, -0.15) is 10.1 Å². The van der Waals surface area contributed by atoms with Crippen molar-refractivity contribution in [2.75, 3.05) is 6.61 Å². The highest BCUT2D eigenvalue weighted by Crippen LogP contribution is 2.31. The van der Waals surface area contributed by atoms with Gasteiger partial charge in [0.05, 0.1) is 12.7 Å². The molecule has 2 aromatic heterocycles. The second kappa shape index (κ2) is 6.97. The first-order chi connectivity index (χ1) is 12.6. The molecule has 3 heterocycles. The Morgan fingerprint density at radius 3 is 2.85 bits per heavy atom. The zero-order valence-corrected chi connectivity index (χ0v) is 14.6. The molecule has 0 saturated carbocycles. The van der Waals surface area contributed by atoms with Crippen LogP contribution >= 0.6 is 0 Å². The van der Waals surface area contributed by atoms with Crippen LogP contribution in [0.3, 0.4) is 0 Å². The number of aromatic nitrogens is 4. The Bertz CT molecular complexity index is 889. The molecule has 1 fully saturated rings. The molecule has 1 N–H and O–H groups in total. The molecule has 1 saturated heterocycles. The minimum atomic E-state index is -0.294. The first kappa shape index (κ1) is 16.9. The van der Waals surface area contributed by atoms with Crippen LogP contribution in [0, 0.1) is 12.7 Å². The van der Waals surface area contributed by atoms with Gasteiger partial charge in [-0.3, -0.25) is 4.68 Å². The summed E-state index contributed by atoms with van der Waals surface area (Å²) in [6.45, 7) is 3.17. The van der Waals surface area contributed by atoms with Gasteiger partial charge in [0, 0.05) is 36.5 Å². The molecule has 0 amide bonds. The summed E-state index contributed by atoms with van der Waals surface area (Å²) in [5, 5.41) is 11.7. The molecule has 1 aliphatic rings. The van der Waals surface area contributed by atoms with E-state index in [1.165, 1.54) is 12.1 Å². The maximum Gasteiger partial charge on any atom is 0.240 e. The van der Waals surface area contributed by atoms with E-state index in [-0.39, 0.29) is 18.0 Å². The lowest BCUT2D eigenvalue weighted by atomic mass is 10.0. The zero-order valence-electron chi connectivity index (χ0n) is 14.6. The Morgan fingerprint density at radius 1 is 1.31 bits per heavy atom. The Hall–Kier alpha value is -2.58. The van der Waals surface area contributed by atoms with Crippen LogP contribution < -0.4 is 5.32 Å². The van der Waals surface area contributed by atoms with E-state index in [1.807, 2.05) is 24.9 Å². The number of halogens is 1. The summed E-state index contributed by atoms with van der Waals surface area (Å²) in [6.07, 6.45) is 2.72. The highest BCUT2D eigenvalue weighted by molar-refractivity contribution is 5.53. The zero-order chi connectivity index (χ0) is 18.1. The number of rotatable bonds is 5. The number of hydrogen-bond acceptors (Lipinski definition) is 6. The van der Waals surface area contributed by atoms with Gasteiger partial charge in [0.2, 0.25) is 11.7 Å². The van der Waals surface area contributed by atoms with Crippen molar-refractivity contribution in [3.63, 3.8) is 0 Å². The lowest BCUT2D eigenvalue weighted by molar-refractivity contribution is 0.0973. The summed E-state index contributed by atoms with van der Waals surface area (Å²) in [5.74, 6) is 0.638. The minimum absolute atomic E-state index is 0.0387. The van der Waals surface area contributed by atoms with E-state index in [0.717, 1.165) is 23.2 Å². The summed E-state index contributed by atoms with van der Waals surface area (Å²) in [4.78, 5) is 4.37. The van der Waals surface area contributed by atoms with Gasteiger partial charge < -0.3 is 14.6 Å². The maximum absolute atomic E-state index is 13.0. The standard InChI is InChI=1S/C18H20FN5O2/c1-11-14(9-21-24(11)2)17-15(7-8-25-17)20-10-16-22-18(23-26-16)12-3-5-13(19)6-4-12/h3-6,9,15,17,20H,7-8,10H2,1-2H3/t15-,17+/m0/s1. The summed E-state index contributed by atoms with van der Waals surface area (Å²) in [7, 11) is 1.92. The lowest BCUT2D eigenvalue weighted by Gasteiger charge is -2.19. The molecule has 0 spiro atoms. The van der Waals surface area contributed by atoms with E-state index in [9.17, 15) is 4.39 Å². The Balaban J connectivity index is 1.42. The molecular weight excluding hydrogens is 337 g/mol. The van der Waals surface area contributed by atoms with Crippen molar-refractivity contribution in [2.24, 2.45) is 7.05 Å². The van der Waals surface area contributed by atoms with Gasteiger partial charge in [-0.1, -0.05) is 5.16 Å². The first-order valence-electron chi connectivity index (χ1n) is 8.54. The number of hydrogen-bond donors (Lipinski definition) is 1. The van der Waals surface area contributed by atoms with Crippen molar-refractivity contribution in [1.82, 2.24) is 25.2 Å². The third kappa shape index (κ3) is 3.25. The second-order valence-electron chi connectivity index (χ2n) is 6.40. The van der Waals surface area contributed by atoms with Crippen LogP contribution in [0.5, 0.6) is 0 Å². The molecule has 4 rings (SSSR count). The minimum Gasteiger partial charge on any atom is -0.372 e. The van der Waals surface area contributed by atoms with E-state index >= 15 is 0 Å². The summed E-state index contributed by atoms with van der Waals surface area (Å²) in [5.41, 5.74) is 2.91. The van der Waals surface area contributed by atoms with E-state index in [2.05, 4.69) is 20.6 Å². The molecule has 3 aromatic rings. The molecule has 7 nitrogen and oxygen atoms in total. The number of benzene rings is 1. The van der Waals surface area contributed by atoms with Gasteiger partial charge in [-0.15, -0.1) is 0 Å². The van der Waals surface area contributed by atoms with E-state index in [0.29, 0.717) is 24.9 Å². The topological polar surface area (TPSA) is 78.0 Å². The van der Waals surface area contributed by atoms with Gasteiger partial charge in [0.1, 0.15) is 11.9 Å². The molecule has 0 bridgehead atoms. The molecule has 8 heteroatoms. The Morgan fingerprint density at radius 2 is 2.12 bits per heavy atom. The highest BCUT2D eigenvalue weighted by atomic mass is 19.1. The quantitative estimate of drug-likeness (QED) is 0.756. The maximum atomic E-state index is 13.0. The third-order valence-corrected chi connectivity index (χ3v) is 4.76. The van der Waals surface area contributed by atoms with Crippen molar-refractivity contribution in [1.29, 1.82) is 0 Å². The fourth-order valence-electron chi connectivity index (χ4n) is 3.16. The van der Waals surface area contributed by atoms with Crippen molar-refractivity contribution >= 4 is 0 Å². The highest BCUT2D eigenvalue weighted by Gasteiger charge is 2.32. The molecule has 1 aliphatic heterocycles. The summed E-state index contributed by atoms with van der Waals surface area (Å²) in [6, 6.07) is 6.16. The van der Waals surface area contributed by atoms with Gasteiger partial charge in [-0.05, 0) is 37.6 Å². The largest absolute Gasteiger partial charge is 0.372 e. The van der Waals surface area contributed by atoms with Crippen LogP contribution in [-0.4, -0.2) is 32.6 Å². The van der Waals surface area contributed by atoms with Gasteiger partial charge in [0.15, 0.2) is 0 Å². The monoisotopic (exact) mass is 357 g/mol. The summed E-state index contributed by atoms with van der Waals surface area (Å²) >= 11 is 0. The van der Waals surface area contributed by atoms with Gasteiger partial charge >= 0.3 is 0 Å². The fraction of sp³-hybridized carbons (Fsp3) is 0.389. The Labute approximate surface area is 150 Å². The molecule has 0 unspecified atom stereocenters. The van der Waals surface area contributed by atoms with Crippen LogP contribution in [0.2, 0.25) is 0 Å². The summed E-state index contributed by atoms with van der Waals surface area (Å²) < 4.78 is 26.1. The number of ether oxygens (including phenoxy) is 1. The fourth-order valence-corrected chi connectivity index (χ4v) is 3.16. The average Bonchev–Trinajstić information content (AvgIpc) is 3.36. The smallest absolute Gasteiger partial charge is 0.240 e. The van der Waals surface area contributed by atoms with Crippen LogP contribution in [-0.2, 0) is 18.3 Å². The molecular formula is C18H20FN5O2. The van der Waals surface area contributed by atoms with Crippen molar-refractivity contribution in [2.45, 2.75) is 32.0 Å². The normalized spacial score (nSPS) is 20.0. The third-order valence-electron chi connectivity index (χ3n) is 4.76. The molecule has 0 aliphatic carbocycles. The average molecular weight is 357 g/mol. The predicted octanol–water partition coefficient (Wildman–Crippen LogP) is 2.54. The van der Waals surface area contributed by atoms with Crippen LogP contribution in [0.1, 0.15) is 29.7 Å². The van der Waals surface area contributed by atoms with Gasteiger partial charge in [0.25, 0.3) is 0 Å². The molecule has 0 radical (unpaired) electrons. The van der Waals surface area contributed by atoms with Crippen LogP contribution in [0.15, 0.2) is 35.0 Å². The van der Waals surface area contributed by atoms with Crippen molar-refractivity contribution < 1.29 is 13.7 Å². The van der Waals surface area contributed by atoms with Crippen molar-refractivity contribution in [3.8, 4) is 11.4 Å². The SMILES string of the molecule is Cc1c([C@H]2OCC[C@@H]2NCc2nc(-c3ccc(F)cc3)no2)cnn1C. The number of nitrogens with zero attached hydrogens (tertiary/aromatic N) is 4. The molecule has 136 valence electrons. The van der Waals surface area contributed by atoms with Crippen LogP contribution in [0.25, 0.3) is 11.4 Å². The molecule has 2 atom stereocenters. The van der Waals surface area contributed by atoms with E-state index < -0.39 is 0 Å².